The van der Waals surface area contributed by atoms with Crippen molar-refractivity contribution < 1.29 is 4.74 Å². The molecular weight excluding hydrogens is 390 g/mol. The highest BCUT2D eigenvalue weighted by atomic mass is 16.5. The molecule has 0 spiro atoms. The first-order chi connectivity index (χ1) is 15.6. The number of aryl methyl sites for hydroxylation is 4. The van der Waals surface area contributed by atoms with E-state index in [1.54, 1.807) is 0 Å². The van der Waals surface area contributed by atoms with Gasteiger partial charge in [-0.3, -0.25) is 0 Å². The zero-order valence-corrected chi connectivity index (χ0v) is 19.4. The molecule has 1 aliphatic heterocycles. The monoisotopic (exact) mass is 423 g/mol. The Bertz CT molecular complexity index is 1040. The van der Waals surface area contributed by atoms with Gasteiger partial charge in [-0.05, 0) is 111 Å². The Kier molecular flexibility index (Phi) is 6.80. The van der Waals surface area contributed by atoms with Gasteiger partial charge < -0.3 is 9.64 Å². The smallest absolute Gasteiger partial charge is 0.151 e. The Morgan fingerprint density at radius 1 is 0.719 bits per heavy atom. The molecule has 0 bridgehead atoms. The molecule has 0 saturated heterocycles. The molecule has 3 aromatic rings. The fraction of sp³-hybridized carbons (Fsp3) is 0.267. The molecule has 1 aliphatic rings. The van der Waals surface area contributed by atoms with E-state index in [9.17, 15) is 0 Å². The van der Waals surface area contributed by atoms with Crippen LogP contribution in [0.5, 0.6) is 11.5 Å². The maximum Gasteiger partial charge on any atom is 0.151 e. The highest BCUT2D eigenvalue weighted by molar-refractivity contribution is 5.86. The zero-order valence-electron chi connectivity index (χ0n) is 19.4. The molecule has 2 heteroatoms. The van der Waals surface area contributed by atoms with Crippen molar-refractivity contribution >= 4 is 17.1 Å². The lowest BCUT2D eigenvalue weighted by molar-refractivity contribution is 0.476. The lowest BCUT2D eigenvalue weighted by Gasteiger charge is -2.34. The van der Waals surface area contributed by atoms with Crippen molar-refractivity contribution in [3.05, 3.63) is 102 Å². The van der Waals surface area contributed by atoms with Crippen LogP contribution in [-0.2, 0) is 12.8 Å². The van der Waals surface area contributed by atoms with Crippen LogP contribution in [0, 0.1) is 13.8 Å². The Morgan fingerprint density at radius 2 is 1.22 bits per heavy atom. The van der Waals surface area contributed by atoms with E-state index in [1.165, 1.54) is 27.9 Å². The molecule has 1 heterocycles. The number of hydrogen-bond donors (Lipinski definition) is 0. The van der Waals surface area contributed by atoms with Crippen LogP contribution in [0.2, 0.25) is 0 Å². The number of hydrogen-bond acceptors (Lipinski definition) is 2. The molecule has 3 aromatic carbocycles. The average molecular weight is 424 g/mol. The second kappa shape index (κ2) is 9.91. The topological polar surface area (TPSA) is 12.5 Å². The van der Waals surface area contributed by atoms with E-state index < -0.39 is 0 Å². The van der Waals surface area contributed by atoms with Gasteiger partial charge in [-0.25, -0.2) is 0 Å². The summed E-state index contributed by atoms with van der Waals surface area (Å²) in [4.78, 5) is 2.36. The summed E-state index contributed by atoms with van der Waals surface area (Å²) in [6.07, 6.45) is 10.4. The van der Waals surface area contributed by atoms with Gasteiger partial charge in [0, 0.05) is 5.69 Å². The first-order valence-corrected chi connectivity index (χ1v) is 11.6. The van der Waals surface area contributed by atoms with Gasteiger partial charge in [0.05, 0.1) is 11.4 Å². The fourth-order valence-electron chi connectivity index (χ4n) is 4.36. The van der Waals surface area contributed by atoms with Crippen LogP contribution in [0.1, 0.15) is 47.9 Å². The van der Waals surface area contributed by atoms with Crippen molar-refractivity contribution in [3.8, 4) is 11.5 Å². The third kappa shape index (κ3) is 4.80. The number of nitrogens with zero attached hydrogens (tertiary/aromatic N) is 1. The van der Waals surface area contributed by atoms with Crippen molar-refractivity contribution in [1.82, 2.24) is 0 Å². The molecule has 0 amide bonds. The standard InChI is InChI=1S/C30H33NO/c1-5-7-9-11-24-19-25(12-10-8-6-2)21-26(20-24)31-27-15-13-22(3)17-29(27)32-30-18-23(4)14-16-28(30)31/h5-6,13-21H,1-2,7-12H2,3-4H3. The summed E-state index contributed by atoms with van der Waals surface area (Å²) in [5, 5.41) is 0. The van der Waals surface area contributed by atoms with Crippen molar-refractivity contribution in [2.75, 3.05) is 4.90 Å². The van der Waals surface area contributed by atoms with E-state index in [4.69, 9.17) is 4.74 Å². The van der Waals surface area contributed by atoms with Gasteiger partial charge in [-0.2, -0.15) is 0 Å². The van der Waals surface area contributed by atoms with E-state index in [0.29, 0.717) is 0 Å². The summed E-state index contributed by atoms with van der Waals surface area (Å²) in [6.45, 7) is 12.0. The molecule has 0 aliphatic carbocycles. The number of benzene rings is 3. The molecule has 0 saturated carbocycles. The minimum absolute atomic E-state index is 0.911. The minimum atomic E-state index is 0.911. The lowest BCUT2D eigenvalue weighted by Crippen LogP contribution is -2.16. The van der Waals surface area contributed by atoms with Gasteiger partial charge in [-0.15, -0.1) is 13.2 Å². The van der Waals surface area contributed by atoms with Crippen LogP contribution in [0.4, 0.5) is 17.1 Å². The van der Waals surface area contributed by atoms with Crippen molar-refractivity contribution in [2.45, 2.75) is 52.4 Å². The third-order valence-electron chi connectivity index (χ3n) is 5.98. The summed E-state index contributed by atoms with van der Waals surface area (Å²) >= 11 is 0. The van der Waals surface area contributed by atoms with Crippen LogP contribution in [0.3, 0.4) is 0 Å². The number of unbranched alkanes of at least 4 members (excludes halogenated alkanes) is 2. The largest absolute Gasteiger partial charge is 0.453 e. The van der Waals surface area contributed by atoms with Gasteiger partial charge in [0.2, 0.25) is 0 Å². The molecular formula is C30H33NO. The van der Waals surface area contributed by atoms with Gasteiger partial charge in [0.25, 0.3) is 0 Å². The normalized spacial score (nSPS) is 12.0. The van der Waals surface area contributed by atoms with Crippen LogP contribution < -0.4 is 9.64 Å². The van der Waals surface area contributed by atoms with Gasteiger partial charge in [-0.1, -0.05) is 30.4 Å². The fourth-order valence-corrected chi connectivity index (χ4v) is 4.36. The van der Waals surface area contributed by atoms with Crippen LogP contribution in [0.15, 0.2) is 79.9 Å². The number of ether oxygens (including phenoxy) is 1. The highest BCUT2D eigenvalue weighted by Crippen LogP contribution is 2.51. The number of rotatable bonds is 9. The summed E-state index contributed by atoms with van der Waals surface area (Å²) in [6, 6.07) is 20.0. The second-order valence-electron chi connectivity index (χ2n) is 8.75. The predicted molar refractivity (Wildman–Crippen MR) is 137 cm³/mol. The van der Waals surface area contributed by atoms with E-state index in [0.717, 1.165) is 61.4 Å². The summed E-state index contributed by atoms with van der Waals surface area (Å²) in [5.74, 6) is 1.82. The zero-order chi connectivity index (χ0) is 22.5. The summed E-state index contributed by atoms with van der Waals surface area (Å²) in [5.41, 5.74) is 8.54. The van der Waals surface area contributed by atoms with Crippen molar-refractivity contribution in [3.63, 3.8) is 0 Å². The molecule has 4 rings (SSSR count). The first-order valence-electron chi connectivity index (χ1n) is 11.6. The molecule has 164 valence electrons. The molecule has 32 heavy (non-hydrogen) atoms. The van der Waals surface area contributed by atoms with Crippen molar-refractivity contribution in [1.29, 1.82) is 0 Å². The third-order valence-corrected chi connectivity index (χ3v) is 5.98. The Labute approximate surface area is 192 Å². The quantitative estimate of drug-likeness (QED) is 0.197. The van der Waals surface area contributed by atoms with E-state index >= 15 is 0 Å². The predicted octanol–water partition coefficient (Wildman–Crippen LogP) is 8.90. The molecule has 0 radical (unpaired) electrons. The Balaban J connectivity index is 1.82. The average Bonchev–Trinajstić information content (AvgIpc) is 2.77. The molecule has 0 atom stereocenters. The Hall–Kier alpha value is -3.26. The molecule has 0 aromatic heterocycles. The SMILES string of the molecule is C=CCCCc1cc(CCCC=C)cc(N2c3ccc(C)cc3Oc3cc(C)ccc32)c1. The maximum absolute atomic E-state index is 6.35. The highest BCUT2D eigenvalue weighted by Gasteiger charge is 2.26. The first kappa shape index (κ1) is 22.0. The van der Waals surface area contributed by atoms with Crippen LogP contribution in [-0.4, -0.2) is 0 Å². The summed E-state index contributed by atoms with van der Waals surface area (Å²) in [7, 11) is 0. The number of anilines is 3. The van der Waals surface area contributed by atoms with Gasteiger partial charge in [0.1, 0.15) is 0 Å². The van der Waals surface area contributed by atoms with Gasteiger partial charge in [0.15, 0.2) is 11.5 Å². The van der Waals surface area contributed by atoms with Crippen LogP contribution >= 0.6 is 0 Å². The lowest BCUT2D eigenvalue weighted by atomic mass is 9.99. The van der Waals surface area contributed by atoms with E-state index in [1.807, 2.05) is 12.2 Å². The van der Waals surface area contributed by atoms with Crippen molar-refractivity contribution in [2.24, 2.45) is 0 Å². The molecule has 0 unspecified atom stereocenters. The van der Waals surface area contributed by atoms with Crippen LogP contribution in [0.25, 0.3) is 0 Å². The summed E-state index contributed by atoms with van der Waals surface area (Å²) < 4.78 is 6.35. The maximum atomic E-state index is 6.35. The minimum Gasteiger partial charge on any atom is -0.453 e. The second-order valence-corrected chi connectivity index (χ2v) is 8.75. The molecule has 0 fully saturated rings. The van der Waals surface area contributed by atoms with E-state index in [2.05, 4.69) is 86.5 Å². The number of fused-ring (bicyclic) bond motifs is 2. The Morgan fingerprint density at radius 3 is 1.69 bits per heavy atom. The molecule has 0 N–H and O–H groups in total. The number of allylic oxidation sites excluding steroid dienone is 2. The van der Waals surface area contributed by atoms with Gasteiger partial charge >= 0.3 is 0 Å². The van der Waals surface area contributed by atoms with E-state index in [-0.39, 0.29) is 0 Å². The molecule has 2 nitrogen and oxygen atoms in total.